The Kier molecular flexibility index (Phi) is 9.58. The van der Waals surface area contributed by atoms with Gasteiger partial charge in [0.05, 0.1) is 13.0 Å². The van der Waals surface area contributed by atoms with Gasteiger partial charge in [-0.15, -0.1) is 0 Å². The number of piperidine rings is 1. The van der Waals surface area contributed by atoms with Crippen molar-refractivity contribution in [2.24, 2.45) is 5.92 Å². The molecule has 6 heteroatoms. The smallest absolute Gasteiger partial charge is 0.225 e. The molecule has 2 aromatic carbocycles. The monoisotopic (exact) mass is 477 g/mol. The lowest BCUT2D eigenvalue weighted by Crippen LogP contribution is -2.45. The number of nitrogens with zero attached hydrogens (tertiary/aromatic N) is 3. The van der Waals surface area contributed by atoms with E-state index in [1.54, 1.807) is 0 Å². The molecule has 0 spiro atoms. The van der Waals surface area contributed by atoms with Gasteiger partial charge in [0, 0.05) is 38.6 Å². The molecule has 2 aromatic rings. The summed E-state index contributed by atoms with van der Waals surface area (Å²) in [6.07, 6.45) is 5.20. The van der Waals surface area contributed by atoms with Crippen LogP contribution in [0.25, 0.3) is 0 Å². The predicted octanol–water partition coefficient (Wildman–Crippen LogP) is 3.86. The van der Waals surface area contributed by atoms with Gasteiger partial charge in [-0.05, 0) is 62.9 Å². The number of rotatable bonds is 9. The molecule has 2 amide bonds. The van der Waals surface area contributed by atoms with Gasteiger partial charge in [0.25, 0.3) is 0 Å². The predicted molar refractivity (Wildman–Crippen MR) is 138 cm³/mol. The summed E-state index contributed by atoms with van der Waals surface area (Å²) in [5, 5.41) is 0. The molecule has 0 radical (unpaired) electrons. The van der Waals surface area contributed by atoms with E-state index in [2.05, 4.69) is 40.1 Å². The van der Waals surface area contributed by atoms with Gasteiger partial charge in [-0.2, -0.15) is 0 Å². The minimum Gasteiger partial charge on any atom is -0.493 e. The molecule has 2 saturated heterocycles. The number of ether oxygens (including phenoxy) is 1. The van der Waals surface area contributed by atoms with Gasteiger partial charge in [0.1, 0.15) is 5.75 Å². The van der Waals surface area contributed by atoms with Crippen LogP contribution in [-0.2, 0) is 16.0 Å². The molecule has 6 nitrogen and oxygen atoms in total. The lowest BCUT2D eigenvalue weighted by molar-refractivity contribution is -0.140. The molecule has 35 heavy (non-hydrogen) atoms. The lowest BCUT2D eigenvalue weighted by atomic mass is 9.95. The molecule has 0 unspecified atom stereocenters. The van der Waals surface area contributed by atoms with Crippen molar-refractivity contribution in [1.29, 1.82) is 0 Å². The van der Waals surface area contributed by atoms with Crippen LogP contribution in [0.4, 0.5) is 0 Å². The average molecular weight is 478 g/mol. The third-order valence-electron chi connectivity index (χ3n) is 7.21. The average Bonchev–Trinajstić information content (AvgIpc) is 3.15. The summed E-state index contributed by atoms with van der Waals surface area (Å²) in [7, 11) is 0. The van der Waals surface area contributed by atoms with Gasteiger partial charge in [-0.3, -0.25) is 9.59 Å². The topological polar surface area (TPSA) is 53.1 Å². The maximum absolute atomic E-state index is 13.2. The molecule has 0 atom stereocenters. The summed E-state index contributed by atoms with van der Waals surface area (Å²) in [6.45, 7) is 6.50. The van der Waals surface area contributed by atoms with E-state index < -0.39 is 0 Å². The molecule has 188 valence electrons. The number of hydrogen-bond acceptors (Lipinski definition) is 4. The molecule has 2 aliphatic heterocycles. The molecule has 4 rings (SSSR count). The zero-order valence-electron chi connectivity index (χ0n) is 20.8. The van der Waals surface area contributed by atoms with Crippen LogP contribution in [0.2, 0.25) is 0 Å². The Hall–Kier alpha value is -2.86. The molecular formula is C29H39N3O3. The van der Waals surface area contributed by atoms with E-state index >= 15 is 0 Å². The highest BCUT2D eigenvalue weighted by molar-refractivity contribution is 5.80. The van der Waals surface area contributed by atoms with Crippen LogP contribution in [-0.4, -0.2) is 78.9 Å². The summed E-state index contributed by atoms with van der Waals surface area (Å²) in [6, 6.07) is 20.2. The van der Waals surface area contributed by atoms with Crippen LogP contribution in [0, 0.1) is 5.92 Å². The summed E-state index contributed by atoms with van der Waals surface area (Å²) in [5.41, 5.74) is 1.40. The van der Waals surface area contributed by atoms with Crippen molar-refractivity contribution in [1.82, 2.24) is 14.7 Å². The van der Waals surface area contributed by atoms with E-state index in [-0.39, 0.29) is 17.7 Å². The number of carbonyl (C=O) groups excluding carboxylic acids is 2. The second kappa shape index (κ2) is 13.3. The molecule has 0 aliphatic carbocycles. The third-order valence-corrected chi connectivity index (χ3v) is 7.21. The zero-order valence-corrected chi connectivity index (χ0v) is 20.8. The van der Waals surface area contributed by atoms with E-state index in [0.717, 1.165) is 70.6 Å². The van der Waals surface area contributed by atoms with Crippen LogP contribution in [0.1, 0.15) is 37.7 Å². The number of para-hydroxylation sites is 1. The van der Waals surface area contributed by atoms with E-state index in [1.165, 1.54) is 5.56 Å². The molecule has 2 heterocycles. The Morgan fingerprint density at radius 2 is 1.51 bits per heavy atom. The number of amides is 2. The quantitative estimate of drug-likeness (QED) is 0.550. The first-order chi connectivity index (χ1) is 17.2. The highest BCUT2D eigenvalue weighted by atomic mass is 16.5. The largest absolute Gasteiger partial charge is 0.493 e. The lowest BCUT2D eigenvalue weighted by Gasteiger charge is -2.34. The third kappa shape index (κ3) is 7.82. The summed E-state index contributed by atoms with van der Waals surface area (Å²) in [4.78, 5) is 32.3. The number of aryl methyl sites for hydroxylation is 1. The van der Waals surface area contributed by atoms with Crippen LogP contribution >= 0.6 is 0 Å². The fraction of sp³-hybridized carbons (Fsp3) is 0.517. The number of benzene rings is 2. The minimum absolute atomic E-state index is 0.0456. The van der Waals surface area contributed by atoms with Gasteiger partial charge < -0.3 is 19.4 Å². The fourth-order valence-electron chi connectivity index (χ4n) is 5.13. The first-order valence-electron chi connectivity index (χ1n) is 13.2. The normalized spacial score (nSPS) is 17.7. The van der Waals surface area contributed by atoms with E-state index in [4.69, 9.17) is 4.74 Å². The molecule has 2 aliphatic rings. The molecule has 0 aromatic heterocycles. The summed E-state index contributed by atoms with van der Waals surface area (Å²) >= 11 is 0. The van der Waals surface area contributed by atoms with E-state index in [0.29, 0.717) is 26.1 Å². The molecule has 0 saturated carbocycles. The van der Waals surface area contributed by atoms with Crippen molar-refractivity contribution in [2.45, 2.75) is 38.5 Å². The standard InChI is InChI=1S/C29H39N3O3/c33-28(16-24-35-27-12-5-2-6-13-27)31-20-14-26(15-21-31)29(34)32-19-8-18-30(22-23-32)17-7-11-25-9-3-1-4-10-25/h1-6,9-10,12-13,26H,7-8,11,14-24H2. The van der Waals surface area contributed by atoms with Crippen LogP contribution < -0.4 is 4.74 Å². The van der Waals surface area contributed by atoms with E-state index in [9.17, 15) is 9.59 Å². The maximum atomic E-state index is 13.2. The Morgan fingerprint density at radius 1 is 0.800 bits per heavy atom. The van der Waals surface area contributed by atoms with E-state index in [1.807, 2.05) is 35.2 Å². The first kappa shape index (κ1) is 25.2. The van der Waals surface area contributed by atoms with Crippen molar-refractivity contribution >= 4 is 11.8 Å². The van der Waals surface area contributed by atoms with Crippen LogP contribution in [0.15, 0.2) is 60.7 Å². The van der Waals surface area contributed by atoms with Crippen molar-refractivity contribution in [2.75, 3.05) is 52.4 Å². The van der Waals surface area contributed by atoms with Gasteiger partial charge in [0.2, 0.25) is 11.8 Å². The van der Waals surface area contributed by atoms with Crippen LogP contribution in [0.5, 0.6) is 5.75 Å². The second-order valence-electron chi connectivity index (χ2n) is 9.68. The van der Waals surface area contributed by atoms with Crippen molar-refractivity contribution < 1.29 is 14.3 Å². The second-order valence-corrected chi connectivity index (χ2v) is 9.68. The van der Waals surface area contributed by atoms with Gasteiger partial charge in [0.15, 0.2) is 0 Å². The minimum atomic E-state index is 0.0456. The Balaban J connectivity index is 1.13. The summed E-state index contributed by atoms with van der Waals surface area (Å²) < 4.78 is 5.66. The zero-order chi connectivity index (χ0) is 24.3. The van der Waals surface area contributed by atoms with Crippen LogP contribution in [0.3, 0.4) is 0 Å². The van der Waals surface area contributed by atoms with Gasteiger partial charge in [-0.25, -0.2) is 0 Å². The number of hydrogen-bond donors (Lipinski definition) is 0. The fourth-order valence-corrected chi connectivity index (χ4v) is 5.13. The molecule has 0 N–H and O–H groups in total. The molecule has 0 bridgehead atoms. The Bertz CT molecular complexity index is 913. The highest BCUT2D eigenvalue weighted by Crippen LogP contribution is 2.21. The number of likely N-dealkylation sites (tertiary alicyclic amines) is 1. The van der Waals surface area contributed by atoms with Gasteiger partial charge in [-0.1, -0.05) is 48.5 Å². The SMILES string of the molecule is O=C(CCOc1ccccc1)N1CCC(C(=O)N2CCCN(CCCc3ccccc3)CC2)CC1. The van der Waals surface area contributed by atoms with Crippen molar-refractivity contribution in [3.8, 4) is 5.75 Å². The Labute approximate surface area is 209 Å². The van der Waals surface area contributed by atoms with Crippen molar-refractivity contribution in [3.05, 3.63) is 66.2 Å². The van der Waals surface area contributed by atoms with Crippen molar-refractivity contribution in [3.63, 3.8) is 0 Å². The van der Waals surface area contributed by atoms with Gasteiger partial charge >= 0.3 is 0 Å². The molecular weight excluding hydrogens is 438 g/mol. The highest BCUT2D eigenvalue weighted by Gasteiger charge is 2.30. The number of carbonyl (C=O) groups is 2. The maximum Gasteiger partial charge on any atom is 0.225 e. The molecule has 2 fully saturated rings. The summed E-state index contributed by atoms with van der Waals surface area (Å²) in [5.74, 6) is 1.24. The Morgan fingerprint density at radius 3 is 2.26 bits per heavy atom. The first-order valence-corrected chi connectivity index (χ1v) is 13.2.